The van der Waals surface area contributed by atoms with Crippen molar-refractivity contribution in [1.82, 2.24) is 0 Å². The van der Waals surface area contributed by atoms with Crippen molar-refractivity contribution in [3.8, 4) is 5.75 Å². The smallest absolute Gasteiger partial charge is 0.168 e. The van der Waals surface area contributed by atoms with Crippen LogP contribution in [0.2, 0.25) is 0 Å². The van der Waals surface area contributed by atoms with E-state index < -0.39 is 12.0 Å². The number of Topliss-reactive ketones (excluding diaryl/α,β-unsaturated/α-hetero) is 1. The Morgan fingerprint density at radius 2 is 1.86 bits per heavy atom. The number of carbonyl (C=O) groups excluding carboxylic acids is 2. The summed E-state index contributed by atoms with van der Waals surface area (Å²) in [5.74, 6) is -0.365. The molecule has 22 heavy (non-hydrogen) atoms. The van der Waals surface area contributed by atoms with Crippen molar-refractivity contribution >= 4 is 11.8 Å². The van der Waals surface area contributed by atoms with Crippen LogP contribution in [0.25, 0.3) is 0 Å². The average Bonchev–Trinajstić information content (AvgIpc) is 2.49. The normalized spacial score (nSPS) is 12.2. The van der Waals surface area contributed by atoms with Gasteiger partial charge < -0.3 is 20.0 Å². The predicted molar refractivity (Wildman–Crippen MR) is 81.6 cm³/mol. The highest BCUT2D eigenvalue weighted by atomic mass is 16.5. The molecule has 1 aromatic carbocycles. The van der Waals surface area contributed by atoms with Crippen LogP contribution in [0.3, 0.4) is 0 Å². The Balaban J connectivity index is 2.46. The number of rotatable bonds is 10. The van der Waals surface area contributed by atoms with Crippen molar-refractivity contribution in [2.45, 2.75) is 39.7 Å². The molecular formula is C17H25NO4. The van der Waals surface area contributed by atoms with Gasteiger partial charge in [-0.15, -0.1) is 0 Å². The van der Waals surface area contributed by atoms with E-state index in [2.05, 4.69) is 0 Å². The van der Waals surface area contributed by atoms with E-state index in [1.54, 1.807) is 29.6 Å². The lowest BCUT2D eigenvalue weighted by atomic mass is 10.0. The Labute approximate surface area is 131 Å². The fourth-order valence-electron chi connectivity index (χ4n) is 2.14. The van der Waals surface area contributed by atoms with Crippen LogP contribution >= 0.6 is 0 Å². The van der Waals surface area contributed by atoms with Gasteiger partial charge in [0, 0.05) is 11.5 Å². The second-order valence-electron chi connectivity index (χ2n) is 5.66. The monoisotopic (exact) mass is 307 g/mol. The van der Waals surface area contributed by atoms with Gasteiger partial charge in [-0.1, -0.05) is 20.8 Å². The molecule has 1 unspecified atom stereocenters. The Morgan fingerprint density at radius 3 is 2.36 bits per heavy atom. The van der Waals surface area contributed by atoms with E-state index in [1.165, 1.54) is 0 Å². The van der Waals surface area contributed by atoms with Crippen LogP contribution in [0.4, 0.5) is 0 Å². The van der Waals surface area contributed by atoms with Crippen LogP contribution in [0.5, 0.6) is 5.75 Å². The van der Waals surface area contributed by atoms with Gasteiger partial charge in [0.25, 0.3) is 0 Å². The van der Waals surface area contributed by atoms with Crippen LogP contribution in [0.1, 0.15) is 44.0 Å². The molecule has 0 saturated carbocycles. The molecule has 0 amide bonds. The van der Waals surface area contributed by atoms with Crippen LogP contribution in [0.15, 0.2) is 24.3 Å². The highest BCUT2D eigenvalue weighted by molar-refractivity contribution is 5.96. The molecule has 0 radical (unpaired) electrons. The van der Waals surface area contributed by atoms with Crippen molar-refractivity contribution in [2.75, 3.05) is 13.2 Å². The SMILES string of the molecule is CCCOc1ccc(C(=O)CC[NH2+]C(C(=O)[O-])C(C)C)cc1. The average molecular weight is 307 g/mol. The number of carbonyl (C=O) groups is 2. The maximum atomic E-state index is 12.1. The molecule has 1 aromatic rings. The van der Waals surface area contributed by atoms with E-state index >= 15 is 0 Å². The number of quaternary nitrogens is 1. The number of benzene rings is 1. The Morgan fingerprint density at radius 1 is 1.23 bits per heavy atom. The molecule has 0 aliphatic rings. The summed E-state index contributed by atoms with van der Waals surface area (Å²) in [6.45, 7) is 6.78. The molecule has 0 aromatic heterocycles. The first kappa shape index (κ1) is 18.2. The van der Waals surface area contributed by atoms with Gasteiger partial charge in [-0.05, 0) is 30.7 Å². The van der Waals surface area contributed by atoms with Gasteiger partial charge in [0.05, 0.1) is 25.5 Å². The summed E-state index contributed by atoms with van der Waals surface area (Å²) in [4.78, 5) is 23.0. The standard InChI is InChI=1S/C17H25NO4/c1-4-11-22-14-7-5-13(6-8-14)15(19)9-10-18-16(12(2)3)17(20)21/h5-8,12,16,18H,4,9-11H2,1-3H3,(H,20,21). The summed E-state index contributed by atoms with van der Waals surface area (Å²) in [7, 11) is 0. The van der Waals surface area contributed by atoms with E-state index in [9.17, 15) is 14.7 Å². The number of ether oxygens (including phenoxy) is 1. The summed E-state index contributed by atoms with van der Waals surface area (Å²) in [6.07, 6.45) is 1.23. The first-order valence-electron chi connectivity index (χ1n) is 7.76. The van der Waals surface area contributed by atoms with Crippen LogP contribution in [0, 0.1) is 5.92 Å². The molecule has 0 aliphatic heterocycles. The fourth-order valence-corrected chi connectivity index (χ4v) is 2.14. The van der Waals surface area contributed by atoms with Crippen LogP contribution in [-0.4, -0.2) is 30.9 Å². The molecule has 0 spiro atoms. The lowest BCUT2D eigenvalue weighted by molar-refractivity contribution is -0.687. The number of carboxylic acid groups (broad SMARTS) is 1. The zero-order chi connectivity index (χ0) is 16.5. The molecule has 5 heteroatoms. The molecule has 0 heterocycles. The molecule has 1 rings (SSSR count). The van der Waals surface area contributed by atoms with Gasteiger partial charge >= 0.3 is 0 Å². The van der Waals surface area contributed by atoms with Crippen LogP contribution in [-0.2, 0) is 4.79 Å². The highest BCUT2D eigenvalue weighted by Gasteiger charge is 2.18. The summed E-state index contributed by atoms with van der Waals surface area (Å²) in [6, 6.07) is 6.44. The van der Waals surface area contributed by atoms with E-state index in [0.29, 0.717) is 25.1 Å². The molecule has 0 aliphatic carbocycles. The van der Waals surface area contributed by atoms with Gasteiger partial charge in [-0.2, -0.15) is 0 Å². The van der Waals surface area contributed by atoms with Crippen molar-refractivity contribution in [2.24, 2.45) is 5.92 Å². The first-order chi connectivity index (χ1) is 10.5. The third kappa shape index (κ3) is 5.85. The van der Waals surface area contributed by atoms with Gasteiger partial charge in [-0.25, -0.2) is 0 Å². The van der Waals surface area contributed by atoms with Gasteiger partial charge in [-0.3, -0.25) is 4.79 Å². The quantitative estimate of drug-likeness (QED) is 0.634. The molecule has 2 N–H and O–H groups in total. The van der Waals surface area contributed by atoms with E-state index in [1.807, 2.05) is 20.8 Å². The number of aliphatic carboxylic acids is 1. The van der Waals surface area contributed by atoms with Gasteiger partial charge in [0.2, 0.25) is 0 Å². The Kier molecular flexibility index (Phi) is 7.60. The molecule has 0 saturated heterocycles. The predicted octanol–water partition coefficient (Wildman–Crippen LogP) is 0.386. The first-order valence-corrected chi connectivity index (χ1v) is 7.76. The second-order valence-corrected chi connectivity index (χ2v) is 5.66. The van der Waals surface area contributed by atoms with Gasteiger partial charge in [0.1, 0.15) is 11.8 Å². The van der Waals surface area contributed by atoms with E-state index in [4.69, 9.17) is 4.74 Å². The maximum Gasteiger partial charge on any atom is 0.168 e. The molecule has 122 valence electrons. The van der Waals surface area contributed by atoms with Crippen molar-refractivity contribution in [1.29, 1.82) is 0 Å². The summed E-state index contributed by atoms with van der Waals surface area (Å²) in [5, 5.41) is 12.6. The minimum absolute atomic E-state index is 0.000791. The van der Waals surface area contributed by atoms with E-state index in [0.717, 1.165) is 12.2 Å². The van der Waals surface area contributed by atoms with Crippen LogP contribution < -0.4 is 15.2 Å². The molecule has 0 bridgehead atoms. The van der Waals surface area contributed by atoms with E-state index in [-0.39, 0.29) is 11.7 Å². The number of carboxylic acids is 1. The molecule has 5 nitrogen and oxygen atoms in total. The minimum atomic E-state index is -1.08. The maximum absolute atomic E-state index is 12.1. The lowest BCUT2D eigenvalue weighted by Crippen LogP contribution is -2.94. The van der Waals surface area contributed by atoms with Crippen molar-refractivity contribution in [3.63, 3.8) is 0 Å². The molecular weight excluding hydrogens is 282 g/mol. The number of nitrogens with two attached hydrogens (primary N) is 1. The summed E-state index contributed by atoms with van der Waals surface area (Å²) in [5.41, 5.74) is 0.617. The van der Waals surface area contributed by atoms with Crippen molar-refractivity contribution in [3.05, 3.63) is 29.8 Å². The van der Waals surface area contributed by atoms with Crippen molar-refractivity contribution < 1.29 is 24.7 Å². The lowest BCUT2D eigenvalue weighted by Gasteiger charge is -2.19. The highest BCUT2D eigenvalue weighted by Crippen LogP contribution is 2.13. The zero-order valence-electron chi connectivity index (χ0n) is 13.5. The molecule has 0 fully saturated rings. The fraction of sp³-hybridized carbons (Fsp3) is 0.529. The second kappa shape index (κ2) is 9.20. The third-order valence-corrected chi connectivity index (χ3v) is 3.43. The number of hydrogen-bond donors (Lipinski definition) is 1. The largest absolute Gasteiger partial charge is 0.544 e. The third-order valence-electron chi connectivity index (χ3n) is 3.43. The Hall–Kier alpha value is -1.88. The number of ketones is 1. The topological polar surface area (TPSA) is 83.0 Å². The summed E-state index contributed by atoms with van der Waals surface area (Å²) >= 11 is 0. The zero-order valence-corrected chi connectivity index (χ0v) is 13.5. The van der Waals surface area contributed by atoms with Gasteiger partial charge in [0.15, 0.2) is 5.78 Å². The molecule has 1 atom stereocenters. The summed E-state index contributed by atoms with van der Waals surface area (Å²) < 4.78 is 5.47. The minimum Gasteiger partial charge on any atom is -0.544 e. The Bertz CT molecular complexity index is 482. The number of hydrogen-bond acceptors (Lipinski definition) is 4.